The van der Waals surface area contributed by atoms with Crippen LogP contribution in [-0.2, 0) is 13.8 Å². The molecule has 0 heterocycles. The highest BCUT2D eigenvalue weighted by molar-refractivity contribution is 9.10. The summed E-state index contributed by atoms with van der Waals surface area (Å²) in [5.74, 6) is -0.283. The lowest BCUT2D eigenvalue weighted by molar-refractivity contribution is -0.126. The molecule has 0 spiro atoms. The lowest BCUT2D eigenvalue weighted by atomic mass is 10.2. The average molecular weight is 371 g/mol. The van der Waals surface area contributed by atoms with Gasteiger partial charge in [-0.1, -0.05) is 15.9 Å². The number of rotatable bonds is 4. The summed E-state index contributed by atoms with van der Waals surface area (Å²) in [7, 11) is 2.87. The van der Waals surface area contributed by atoms with Gasteiger partial charge in [0.05, 0.1) is 0 Å². The van der Waals surface area contributed by atoms with Crippen LogP contribution < -0.4 is 10.1 Å². The lowest BCUT2D eigenvalue weighted by Crippen LogP contribution is -2.34. The molecule has 19 heavy (non-hydrogen) atoms. The largest absolute Gasteiger partial charge is 0.479 e. The van der Waals surface area contributed by atoms with Crippen molar-refractivity contribution in [2.75, 3.05) is 7.05 Å². The van der Waals surface area contributed by atoms with Crippen molar-refractivity contribution in [3.05, 3.63) is 22.2 Å². The monoisotopic (exact) mass is 369 g/mol. The van der Waals surface area contributed by atoms with Crippen LogP contribution in [0, 0.1) is 6.92 Å². The van der Waals surface area contributed by atoms with Crippen LogP contribution in [0.25, 0.3) is 0 Å². The van der Waals surface area contributed by atoms with Crippen molar-refractivity contribution < 1.29 is 17.9 Å². The van der Waals surface area contributed by atoms with Crippen LogP contribution in [0.2, 0.25) is 0 Å². The van der Waals surface area contributed by atoms with Gasteiger partial charge < -0.3 is 10.1 Å². The zero-order valence-electron chi connectivity index (χ0n) is 10.5. The van der Waals surface area contributed by atoms with E-state index in [4.69, 9.17) is 15.4 Å². The molecule has 1 aromatic carbocycles. The first kappa shape index (κ1) is 16.3. The van der Waals surface area contributed by atoms with E-state index in [-0.39, 0.29) is 16.6 Å². The molecule has 0 bridgehead atoms. The Kier molecular flexibility index (Phi) is 5.23. The molecule has 1 unspecified atom stereocenters. The first-order chi connectivity index (χ1) is 8.66. The van der Waals surface area contributed by atoms with Crippen molar-refractivity contribution in [3.63, 3.8) is 0 Å². The fraction of sp³-hybridized carbons (Fsp3) is 0.364. The van der Waals surface area contributed by atoms with Gasteiger partial charge in [0.25, 0.3) is 15.0 Å². The number of benzene rings is 1. The van der Waals surface area contributed by atoms with Crippen LogP contribution in [0.4, 0.5) is 0 Å². The summed E-state index contributed by atoms with van der Waals surface area (Å²) in [5.41, 5.74) is 0.560. The second-order valence-corrected chi connectivity index (χ2v) is 7.31. The molecule has 0 aliphatic rings. The highest BCUT2D eigenvalue weighted by atomic mass is 79.9. The highest BCUT2D eigenvalue weighted by Gasteiger charge is 2.23. The Morgan fingerprint density at radius 3 is 2.53 bits per heavy atom. The molecule has 0 aromatic heterocycles. The van der Waals surface area contributed by atoms with Crippen LogP contribution in [0.1, 0.15) is 12.5 Å². The van der Waals surface area contributed by atoms with Gasteiger partial charge in [-0.15, -0.1) is 0 Å². The summed E-state index contributed by atoms with van der Waals surface area (Å²) in [5, 5.41) is 2.42. The predicted octanol–water partition coefficient (Wildman–Crippen LogP) is 2.20. The number of aryl methyl sites for hydroxylation is 1. The van der Waals surface area contributed by atoms with Gasteiger partial charge in [-0.25, -0.2) is 8.42 Å². The smallest absolute Gasteiger partial charge is 0.265 e. The number of carbonyl (C=O) groups is 1. The minimum absolute atomic E-state index is 0.0781. The molecule has 1 N–H and O–H groups in total. The molecule has 0 aliphatic carbocycles. The third kappa shape index (κ3) is 4.09. The van der Waals surface area contributed by atoms with Crippen molar-refractivity contribution in [3.8, 4) is 5.75 Å². The topological polar surface area (TPSA) is 72.5 Å². The number of carbonyl (C=O) groups excluding carboxylic acids is 1. The number of hydrogen-bond donors (Lipinski definition) is 1. The number of amides is 1. The van der Waals surface area contributed by atoms with Gasteiger partial charge in [0.1, 0.15) is 10.6 Å². The van der Waals surface area contributed by atoms with Crippen LogP contribution >= 0.6 is 26.6 Å². The van der Waals surface area contributed by atoms with E-state index < -0.39 is 15.2 Å². The Morgan fingerprint density at radius 2 is 2.05 bits per heavy atom. The quantitative estimate of drug-likeness (QED) is 0.825. The molecule has 0 aliphatic heterocycles. The van der Waals surface area contributed by atoms with Crippen molar-refractivity contribution in [1.29, 1.82) is 0 Å². The van der Waals surface area contributed by atoms with Crippen LogP contribution in [0.15, 0.2) is 21.5 Å². The molecular weight excluding hydrogens is 358 g/mol. The Bertz CT molecular complexity index is 603. The third-order valence-corrected chi connectivity index (χ3v) is 4.16. The molecule has 0 saturated heterocycles. The lowest BCUT2D eigenvalue weighted by Gasteiger charge is -2.17. The average Bonchev–Trinajstić information content (AvgIpc) is 2.29. The van der Waals surface area contributed by atoms with Gasteiger partial charge in [0.15, 0.2) is 6.10 Å². The molecule has 0 saturated carbocycles. The molecule has 0 fully saturated rings. The van der Waals surface area contributed by atoms with Gasteiger partial charge in [-0.05, 0) is 31.5 Å². The van der Waals surface area contributed by atoms with E-state index in [1.165, 1.54) is 20.0 Å². The van der Waals surface area contributed by atoms with Crippen molar-refractivity contribution >= 4 is 41.6 Å². The summed E-state index contributed by atoms with van der Waals surface area (Å²) in [4.78, 5) is 11.3. The summed E-state index contributed by atoms with van der Waals surface area (Å²) in [6, 6.07) is 3.01. The SMILES string of the molecule is CNC(=O)C(C)Oc1c(C)cc(Br)cc1S(=O)(=O)Cl. The third-order valence-electron chi connectivity index (χ3n) is 2.38. The van der Waals surface area contributed by atoms with E-state index in [2.05, 4.69) is 21.2 Å². The van der Waals surface area contributed by atoms with E-state index in [0.717, 1.165) is 0 Å². The Labute approximate surface area is 124 Å². The van der Waals surface area contributed by atoms with Crippen molar-refractivity contribution in [1.82, 2.24) is 5.32 Å². The fourth-order valence-corrected chi connectivity index (χ4v) is 3.23. The molecule has 0 radical (unpaired) electrons. The molecule has 1 aromatic rings. The minimum Gasteiger partial charge on any atom is -0.479 e. The standard InChI is InChI=1S/C11H13BrClNO4S/c1-6-4-8(12)5-9(19(13,16)17)10(6)18-7(2)11(15)14-3/h4-5,7H,1-3H3,(H,14,15). The van der Waals surface area contributed by atoms with E-state index in [1.807, 2.05) is 0 Å². The second-order valence-electron chi connectivity index (χ2n) is 3.86. The zero-order valence-corrected chi connectivity index (χ0v) is 13.7. The molecule has 8 heteroatoms. The second kappa shape index (κ2) is 6.11. The Hall–Kier alpha value is -0.790. The van der Waals surface area contributed by atoms with Gasteiger partial charge in [0.2, 0.25) is 0 Å². The first-order valence-corrected chi connectivity index (χ1v) is 8.40. The Morgan fingerprint density at radius 1 is 1.47 bits per heavy atom. The normalized spacial score (nSPS) is 12.9. The maximum Gasteiger partial charge on any atom is 0.265 e. The fourth-order valence-electron chi connectivity index (χ4n) is 1.46. The Balaban J connectivity index is 3.31. The predicted molar refractivity (Wildman–Crippen MR) is 76.1 cm³/mol. The summed E-state index contributed by atoms with van der Waals surface area (Å²) in [6.07, 6.45) is -0.831. The number of hydrogen-bond acceptors (Lipinski definition) is 4. The molecule has 1 atom stereocenters. The summed E-state index contributed by atoms with van der Waals surface area (Å²) >= 11 is 3.19. The highest BCUT2D eigenvalue weighted by Crippen LogP contribution is 2.34. The van der Waals surface area contributed by atoms with Gasteiger partial charge in [0, 0.05) is 22.2 Å². The van der Waals surface area contributed by atoms with E-state index in [9.17, 15) is 13.2 Å². The zero-order chi connectivity index (χ0) is 14.8. The molecule has 5 nitrogen and oxygen atoms in total. The first-order valence-electron chi connectivity index (χ1n) is 5.30. The number of halogens is 2. The van der Waals surface area contributed by atoms with Crippen molar-refractivity contribution in [2.24, 2.45) is 0 Å². The minimum atomic E-state index is -3.97. The van der Waals surface area contributed by atoms with Gasteiger partial charge in [-0.3, -0.25) is 4.79 Å². The summed E-state index contributed by atoms with van der Waals surface area (Å²) in [6.45, 7) is 3.19. The van der Waals surface area contributed by atoms with E-state index in [1.54, 1.807) is 13.0 Å². The van der Waals surface area contributed by atoms with Crippen LogP contribution in [-0.4, -0.2) is 27.5 Å². The van der Waals surface area contributed by atoms with Crippen LogP contribution in [0.3, 0.4) is 0 Å². The molecular formula is C11H13BrClNO4S. The molecule has 1 amide bonds. The van der Waals surface area contributed by atoms with Gasteiger partial charge in [-0.2, -0.15) is 0 Å². The molecule has 106 valence electrons. The van der Waals surface area contributed by atoms with E-state index >= 15 is 0 Å². The number of nitrogens with one attached hydrogen (secondary N) is 1. The molecule has 1 rings (SSSR count). The maximum absolute atomic E-state index is 11.5. The maximum atomic E-state index is 11.5. The number of ether oxygens (including phenoxy) is 1. The van der Waals surface area contributed by atoms with Crippen LogP contribution in [0.5, 0.6) is 5.75 Å². The number of likely N-dealkylation sites (N-methyl/N-ethyl adjacent to an activating group) is 1. The van der Waals surface area contributed by atoms with Crippen molar-refractivity contribution in [2.45, 2.75) is 24.8 Å². The van der Waals surface area contributed by atoms with E-state index in [0.29, 0.717) is 10.0 Å². The summed E-state index contributed by atoms with van der Waals surface area (Å²) < 4.78 is 29.1. The van der Waals surface area contributed by atoms with Gasteiger partial charge >= 0.3 is 0 Å².